The van der Waals surface area contributed by atoms with Gasteiger partial charge in [0, 0.05) is 11.3 Å². The molecule has 0 aliphatic heterocycles. The topological polar surface area (TPSA) is 106 Å². The lowest BCUT2D eigenvalue weighted by molar-refractivity contribution is -0.119. The summed E-state index contributed by atoms with van der Waals surface area (Å²) < 4.78 is 10.6. The fraction of sp³-hybridized carbons (Fsp3) is 0.222. The molecule has 0 saturated carbocycles. The van der Waals surface area contributed by atoms with Crippen LogP contribution in [0.3, 0.4) is 0 Å². The number of ether oxygens (including phenoxy) is 2. The zero-order chi connectivity index (χ0) is 25.2. The molecule has 3 N–H and O–H groups in total. The van der Waals surface area contributed by atoms with Crippen LogP contribution in [-0.2, 0) is 16.1 Å². The Balaban J connectivity index is 1.68. The highest BCUT2D eigenvalue weighted by atomic mass is 16.5. The molecule has 0 aliphatic rings. The molecule has 0 aliphatic carbocycles. The van der Waals surface area contributed by atoms with E-state index in [-0.39, 0.29) is 18.4 Å². The number of nitrogens with one attached hydrogen (secondary N) is 3. The molecular weight excluding hydrogens is 446 g/mol. The van der Waals surface area contributed by atoms with Crippen molar-refractivity contribution in [1.82, 2.24) is 5.32 Å². The predicted octanol–water partition coefficient (Wildman–Crippen LogP) is 4.84. The maximum Gasteiger partial charge on any atom is 0.408 e. The Morgan fingerprint density at radius 1 is 0.857 bits per heavy atom. The van der Waals surface area contributed by atoms with E-state index in [9.17, 15) is 14.4 Å². The number of hydrogen-bond donors (Lipinski definition) is 3. The summed E-state index contributed by atoms with van der Waals surface area (Å²) in [4.78, 5) is 38.1. The van der Waals surface area contributed by atoms with Crippen LogP contribution in [0.4, 0.5) is 16.2 Å². The Kier molecular flexibility index (Phi) is 8.83. The van der Waals surface area contributed by atoms with Gasteiger partial charge in [0.05, 0.1) is 12.8 Å². The Morgan fingerprint density at radius 2 is 1.51 bits per heavy atom. The van der Waals surface area contributed by atoms with Crippen LogP contribution in [-0.4, -0.2) is 31.1 Å². The molecule has 1 atom stereocenters. The van der Waals surface area contributed by atoms with Gasteiger partial charge in [-0.25, -0.2) is 4.79 Å². The van der Waals surface area contributed by atoms with Crippen molar-refractivity contribution in [2.45, 2.75) is 26.5 Å². The molecular formula is C27H29N3O5. The highest BCUT2D eigenvalue weighted by molar-refractivity contribution is 6.06. The molecule has 1 unspecified atom stereocenters. The number of para-hydroxylation sites is 1. The Hall–Kier alpha value is -4.33. The van der Waals surface area contributed by atoms with Crippen LogP contribution >= 0.6 is 0 Å². The van der Waals surface area contributed by atoms with Gasteiger partial charge in [0.25, 0.3) is 5.91 Å². The molecule has 0 spiro atoms. The summed E-state index contributed by atoms with van der Waals surface area (Å²) >= 11 is 0. The number of carbonyl (C=O) groups is 3. The van der Waals surface area contributed by atoms with Crippen LogP contribution in [0.15, 0.2) is 78.9 Å². The fourth-order valence-corrected chi connectivity index (χ4v) is 3.31. The van der Waals surface area contributed by atoms with E-state index >= 15 is 0 Å². The van der Waals surface area contributed by atoms with Crippen molar-refractivity contribution in [3.05, 3.63) is 90.0 Å². The second-order valence-electron chi connectivity index (χ2n) is 8.15. The van der Waals surface area contributed by atoms with Crippen molar-refractivity contribution >= 4 is 29.3 Å². The molecule has 3 aromatic rings. The Bertz CT molecular complexity index is 1150. The van der Waals surface area contributed by atoms with E-state index in [2.05, 4.69) is 16.0 Å². The molecule has 8 heteroatoms. The monoisotopic (exact) mass is 475 g/mol. The Labute approximate surface area is 204 Å². The van der Waals surface area contributed by atoms with Crippen molar-refractivity contribution in [3.63, 3.8) is 0 Å². The number of methoxy groups -OCH3 is 1. The summed E-state index contributed by atoms with van der Waals surface area (Å²) in [7, 11) is 1.47. The lowest BCUT2D eigenvalue weighted by Crippen LogP contribution is -2.47. The lowest BCUT2D eigenvalue weighted by atomic mass is 10.0. The smallest absolute Gasteiger partial charge is 0.408 e. The van der Waals surface area contributed by atoms with Gasteiger partial charge in [-0.3, -0.25) is 9.59 Å². The number of benzene rings is 3. The van der Waals surface area contributed by atoms with Crippen LogP contribution in [0.1, 0.15) is 29.8 Å². The van der Waals surface area contributed by atoms with E-state index in [4.69, 9.17) is 9.47 Å². The van der Waals surface area contributed by atoms with E-state index in [1.165, 1.54) is 13.2 Å². The Morgan fingerprint density at radius 3 is 2.14 bits per heavy atom. The molecule has 0 bridgehead atoms. The van der Waals surface area contributed by atoms with Crippen LogP contribution in [0.5, 0.6) is 5.75 Å². The molecule has 0 saturated heterocycles. The minimum Gasteiger partial charge on any atom is -0.495 e. The van der Waals surface area contributed by atoms with E-state index < -0.39 is 18.0 Å². The number of alkyl carbamates (subject to hydrolysis) is 1. The zero-order valence-corrected chi connectivity index (χ0v) is 19.9. The standard InChI is InChI=1S/C27H29N3O5/c1-18(2)24(30-27(33)35-17-19-10-6-4-7-11-19)26(32)29-22-16-20(14-15-23(22)34-3)25(31)28-21-12-8-5-9-13-21/h4-16,18,24H,17H2,1-3H3,(H,28,31)(H,29,32)(H,30,33). The normalized spacial score (nSPS) is 11.3. The highest BCUT2D eigenvalue weighted by Crippen LogP contribution is 2.26. The average Bonchev–Trinajstić information content (AvgIpc) is 2.87. The molecule has 3 rings (SSSR count). The lowest BCUT2D eigenvalue weighted by Gasteiger charge is -2.22. The first-order valence-electron chi connectivity index (χ1n) is 11.2. The summed E-state index contributed by atoms with van der Waals surface area (Å²) in [6, 6.07) is 22.2. The second-order valence-corrected chi connectivity index (χ2v) is 8.15. The number of carbonyl (C=O) groups excluding carboxylic acids is 3. The maximum absolute atomic E-state index is 13.1. The molecule has 8 nitrogen and oxygen atoms in total. The van der Waals surface area contributed by atoms with Gasteiger partial charge in [-0.05, 0) is 41.8 Å². The molecule has 3 aromatic carbocycles. The van der Waals surface area contributed by atoms with Crippen LogP contribution in [0.25, 0.3) is 0 Å². The van der Waals surface area contributed by atoms with Crippen LogP contribution in [0, 0.1) is 5.92 Å². The predicted molar refractivity (Wildman–Crippen MR) is 134 cm³/mol. The zero-order valence-electron chi connectivity index (χ0n) is 19.9. The van der Waals surface area contributed by atoms with Gasteiger partial charge in [-0.2, -0.15) is 0 Å². The number of hydrogen-bond acceptors (Lipinski definition) is 5. The summed E-state index contributed by atoms with van der Waals surface area (Å²) in [6.07, 6.45) is -0.703. The minimum absolute atomic E-state index is 0.0888. The van der Waals surface area contributed by atoms with Gasteiger partial charge in [0.2, 0.25) is 5.91 Å². The number of anilines is 2. The third-order valence-corrected chi connectivity index (χ3v) is 5.19. The molecule has 0 heterocycles. The van der Waals surface area contributed by atoms with Crippen molar-refractivity contribution in [3.8, 4) is 5.75 Å². The molecule has 3 amide bonds. The third kappa shape index (κ3) is 7.33. The average molecular weight is 476 g/mol. The summed E-state index contributed by atoms with van der Waals surface area (Å²) in [5.74, 6) is -0.647. The van der Waals surface area contributed by atoms with Crippen LogP contribution < -0.4 is 20.7 Å². The van der Waals surface area contributed by atoms with Crippen molar-refractivity contribution < 1.29 is 23.9 Å². The minimum atomic E-state index is -0.871. The molecule has 35 heavy (non-hydrogen) atoms. The van der Waals surface area contributed by atoms with Gasteiger partial charge >= 0.3 is 6.09 Å². The second kappa shape index (κ2) is 12.2. The van der Waals surface area contributed by atoms with Gasteiger partial charge in [-0.15, -0.1) is 0 Å². The summed E-state index contributed by atoms with van der Waals surface area (Å²) in [5, 5.41) is 8.19. The van der Waals surface area contributed by atoms with Crippen molar-refractivity contribution in [1.29, 1.82) is 0 Å². The third-order valence-electron chi connectivity index (χ3n) is 5.19. The fourth-order valence-electron chi connectivity index (χ4n) is 3.31. The van der Waals surface area contributed by atoms with E-state index in [1.807, 2.05) is 62.4 Å². The largest absolute Gasteiger partial charge is 0.495 e. The van der Waals surface area contributed by atoms with E-state index in [0.29, 0.717) is 22.7 Å². The molecule has 0 radical (unpaired) electrons. The van der Waals surface area contributed by atoms with Gasteiger partial charge in [0.15, 0.2) is 0 Å². The summed E-state index contributed by atoms with van der Waals surface area (Å²) in [5.41, 5.74) is 2.13. The van der Waals surface area contributed by atoms with Gasteiger partial charge < -0.3 is 25.4 Å². The molecule has 0 fully saturated rings. The SMILES string of the molecule is COc1ccc(C(=O)Nc2ccccc2)cc1NC(=O)C(NC(=O)OCc1ccccc1)C(C)C. The van der Waals surface area contributed by atoms with Crippen molar-refractivity contribution in [2.75, 3.05) is 17.7 Å². The van der Waals surface area contributed by atoms with E-state index in [1.54, 1.807) is 24.3 Å². The van der Waals surface area contributed by atoms with Gasteiger partial charge in [-0.1, -0.05) is 62.4 Å². The molecule has 182 valence electrons. The van der Waals surface area contributed by atoms with Crippen molar-refractivity contribution in [2.24, 2.45) is 5.92 Å². The highest BCUT2D eigenvalue weighted by Gasteiger charge is 2.26. The quantitative estimate of drug-likeness (QED) is 0.411. The summed E-state index contributed by atoms with van der Waals surface area (Å²) in [6.45, 7) is 3.71. The van der Waals surface area contributed by atoms with Gasteiger partial charge in [0.1, 0.15) is 18.4 Å². The first-order valence-corrected chi connectivity index (χ1v) is 11.2. The van der Waals surface area contributed by atoms with E-state index in [0.717, 1.165) is 5.56 Å². The van der Waals surface area contributed by atoms with Crippen LogP contribution in [0.2, 0.25) is 0 Å². The maximum atomic E-state index is 13.1. The molecule has 0 aromatic heterocycles. The first kappa shape index (κ1) is 25.3. The number of amides is 3. The number of rotatable bonds is 9. The first-order chi connectivity index (χ1) is 16.9.